The van der Waals surface area contributed by atoms with Crippen molar-refractivity contribution in [1.29, 1.82) is 0 Å². The molecule has 2 N–H and O–H groups in total. The molecule has 6 nitrogen and oxygen atoms in total. The van der Waals surface area contributed by atoms with Gasteiger partial charge in [-0.2, -0.15) is 0 Å². The van der Waals surface area contributed by atoms with E-state index in [0.717, 1.165) is 14.3 Å². The lowest BCUT2D eigenvalue weighted by atomic mass is 10.1. The number of esters is 2. The fraction of sp³-hybridized carbons (Fsp3) is 0.250. The van der Waals surface area contributed by atoms with E-state index < -0.39 is 11.9 Å². The number of fused-ring (bicyclic) bond motifs is 2. The minimum atomic E-state index is -0.449. The van der Waals surface area contributed by atoms with Crippen molar-refractivity contribution in [2.75, 3.05) is 14.2 Å². The third kappa shape index (κ3) is 5.02. The average molecular weight is 568 g/mol. The summed E-state index contributed by atoms with van der Waals surface area (Å²) in [5.74, 6) is -1.40. The quantitative estimate of drug-likeness (QED) is 0.237. The number of hydrogen-bond donors (Lipinski definition) is 2. The normalized spacial score (nSPS) is 10.8. The number of rotatable bonds is 4. The number of nitrogens with one attached hydrogen (secondary N) is 2. The second kappa shape index (κ2) is 10.3. The minimum Gasteiger partial charge on any atom is -0.464 e. The monoisotopic (exact) mass is 568 g/mol. The van der Waals surface area contributed by atoms with Crippen LogP contribution in [0, 0.1) is 15.2 Å². The Bertz CT molecular complexity index is 1340. The lowest BCUT2D eigenvalue weighted by Gasteiger charge is -1.99. The van der Waals surface area contributed by atoms with Crippen molar-refractivity contribution < 1.29 is 27.8 Å². The number of aryl methyl sites for hydroxylation is 2. The zero-order chi connectivity index (χ0) is 24.3. The summed E-state index contributed by atoms with van der Waals surface area (Å²) >= 11 is 2.06. The van der Waals surface area contributed by atoms with Gasteiger partial charge in [-0.1, -0.05) is 13.8 Å². The van der Waals surface area contributed by atoms with Gasteiger partial charge in [0.05, 0.1) is 23.3 Å². The number of aromatic nitrogens is 2. The first-order chi connectivity index (χ1) is 15.7. The summed E-state index contributed by atoms with van der Waals surface area (Å²) in [6.45, 7) is 3.78. The van der Waals surface area contributed by atoms with E-state index in [9.17, 15) is 18.4 Å². The fourth-order valence-electron chi connectivity index (χ4n) is 3.43. The Balaban J connectivity index is 0.000000186. The average Bonchev–Trinajstić information content (AvgIpc) is 3.37. The number of carbonyl (C=O) groups excluding carboxylic acids is 2. The number of benzene rings is 2. The Labute approximate surface area is 202 Å². The molecule has 0 aliphatic carbocycles. The van der Waals surface area contributed by atoms with Crippen LogP contribution in [-0.4, -0.2) is 36.1 Å². The second-order valence-electron chi connectivity index (χ2n) is 7.21. The molecule has 0 amide bonds. The Morgan fingerprint density at radius 1 is 0.848 bits per heavy atom. The molecule has 2 aromatic carbocycles. The molecule has 174 valence electrons. The van der Waals surface area contributed by atoms with E-state index in [1.165, 1.54) is 26.4 Å². The molecule has 0 atom stereocenters. The summed E-state index contributed by atoms with van der Waals surface area (Å²) in [7, 11) is 2.63. The van der Waals surface area contributed by atoms with Gasteiger partial charge in [-0.15, -0.1) is 0 Å². The van der Waals surface area contributed by atoms with Gasteiger partial charge in [0.1, 0.15) is 23.0 Å². The maximum atomic E-state index is 13.6. The molecule has 2 heterocycles. The van der Waals surface area contributed by atoms with E-state index in [-0.39, 0.29) is 11.6 Å². The highest BCUT2D eigenvalue weighted by Crippen LogP contribution is 2.27. The van der Waals surface area contributed by atoms with Crippen LogP contribution in [0.4, 0.5) is 8.78 Å². The van der Waals surface area contributed by atoms with E-state index in [1.54, 1.807) is 18.2 Å². The molecule has 4 rings (SSSR count). The summed E-state index contributed by atoms with van der Waals surface area (Å²) in [5.41, 5.74) is 3.22. The lowest BCUT2D eigenvalue weighted by molar-refractivity contribution is 0.0586. The Morgan fingerprint density at radius 3 is 2.00 bits per heavy atom. The van der Waals surface area contributed by atoms with Crippen LogP contribution in [0.2, 0.25) is 0 Å². The zero-order valence-corrected chi connectivity index (χ0v) is 20.7. The maximum absolute atomic E-state index is 13.6. The van der Waals surface area contributed by atoms with Gasteiger partial charge in [-0.05, 0) is 76.9 Å². The van der Waals surface area contributed by atoms with E-state index in [2.05, 4.69) is 42.0 Å². The highest BCUT2D eigenvalue weighted by Gasteiger charge is 2.17. The summed E-state index contributed by atoms with van der Waals surface area (Å²) in [6.07, 6.45) is 1.25. The van der Waals surface area contributed by atoms with Crippen LogP contribution in [0.25, 0.3) is 21.8 Å². The minimum absolute atomic E-state index is 0.255. The fourth-order valence-corrected chi connectivity index (χ4v) is 4.23. The first kappa shape index (κ1) is 24.7. The van der Waals surface area contributed by atoms with Crippen LogP contribution >= 0.6 is 22.6 Å². The van der Waals surface area contributed by atoms with Crippen molar-refractivity contribution in [2.45, 2.75) is 26.7 Å². The van der Waals surface area contributed by atoms with E-state index in [0.29, 0.717) is 46.4 Å². The summed E-state index contributed by atoms with van der Waals surface area (Å²) in [4.78, 5) is 28.5. The first-order valence-electron chi connectivity index (χ1n) is 10.2. The third-order valence-corrected chi connectivity index (χ3v) is 6.37. The Hall–Kier alpha value is -2.95. The van der Waals surface area contributed by atoms with Crippen molar-refractivity contribution in [3.05, 3.63) is 68.1 Å². The molecule has 0 spiro atoms. The highest BCUT2D eigenvalue weighted by molar-refractivity contribution is 14.1. The van der Waals surface area contributed by atoms with Gasteiger partial charge in [-0.25, -0.2) is 18.4 Å². The van der Waals surface area contributed by atoms with Crippen molar-refractivity contribution in [3.8, 4) is 0 Å². The molecule has 0 bridgehead atoms. The molecular formula is C24H23F2IN2O4. The SMILES string of the molecule is CCc1cc2c(I)c(C(=O)OC)[nH]c2cc1F.CCc1cc2cc(C(=O)OC)[nH]c2cc1F. The van der Waals surface area contributed by atoms with Crippen LogP contribution in [-0.2, 0) is 22.3 Å². The van der Waals surface area contributed by atoms with Crippen LogP contribution in [0.3, 0.4) is 0 Å². The van der Waals surface area contributed by atoms with Crippen LogP contribution in [0.1, 0.15) is 46.0 Å². The Morgan fingerprint density at radius 2 is 1.42 bits per heavy atom. The predicted molar refractivity (Wildman–Crippen MR) is 131 cm³/mol. The van der Waals surface area contributed by atoms with Crippen molar-refractivity contribution >= 4 is 56.3 Å². The van der Waals surface area contributed by atoms with Crippen LogP contribution in [0.15, 0.2) is 30.3 Å². The predicted octanol–water partition coefficient (Wildman–Crippen LogP) is 5.92. The number of methoxy groups -OCH3 is 2. The standard InChI is InChI=1S/C12H11FINO2.C12H12FNO2/c1-3-6-4-7-9(5-8(6)13)15-11(10(7)14)12(16)17-2;1-3-7-4-8-5-11(12(15)16-2)14-10(8)6-9(7)13/h4-5,15H,3H2,1-2H3;4-6,14H,3H2,1-2H3. The van der Waals surface area contributed by atoms with Crippen molar-refractivity contribution in [3.63, 3.8) is 0 Å². The van der Waals surface area contributed by atoms with Crippen molar-refractivity contribution in [1.82, 2.24) is 9.97 Å². The molecule has 0 radical (unpaired) electrons. The number of hydrogen-bond acceptors (Lipinski definition) is 4. The lowest BCUT2D eigenvalue weighted by Crippen LogP contribution is -2.02. The van der Waals surface area contributed by atoms with Gasteiger partial charge in [-0.3, -0.25) is 0 Å². The van der Waals surface area contributed by atoms with E-state index in [1.807, 2.05) is 13.8 Å². The van der Waals surface area contributed by atoms with Gasteiger partial charge in [0.15, 0.2) is 0 Å². The third-order valence-electron chi connectivity index (χ3n) is 5.25. The number of halogens is 3. The molecule has 0 fully saturated rings. The van der Waals surface area contributed by atoms with Gasteiger partial charge in [0.2, 0.25) is 0 Å². The van der Waals surface area contributed by atoms with Crippen LogP contribution in [0.5, 0.6) is 0 Å². The number of H-pyrrole nitrogens is 2. The van der Waals surface area contributed by atoms with Gasteiger partial charge >= 0.3 is 11.9 Å². The molecule has 0 unspecified atom stereocenters. The van der Waals surface area contributed by atoms with Crippen molar-refractivity contribution in [2.24, 2.45) is 0 Å². The molecule has 9 heteroatoms. The first-order valence-corrected chi connectivity index (χ1v) is 11.3. The molecular weight excluding hydrogens is 545 g/mol. The molecule has 0 aliphatic rings. The highest BCUT2D eigenvalue weighted by atomic mass is 127. The van der Waals surface area contributed by atoms with E-state index in [4.69, 9.17) is 0 Å². The molecule has 33 heavy (non-hydrogen) atoms. The zero-order valence-electron chi connectivity index (χ0n) is 18.6. The smallest absolute Gasteiger partial charge is 0.355 e. The number of carbonyl (C=O) groups is 2. The number of ether oxygens (including phenoxy) is 2. The maximum Gasteiger partial charge on any atom is 0.355 e. The Kier molecular flexibility index (Phi) is 7.72. The molecule has 0 aliphatic heterocycles. The summed E-state index contributed by atoms with van der Waals surface area (Å²) in [6, 6.07) is 8.01. The van der Waals surface area contributed by atoms with Gasteiger partial charge in [0.25, 0.3) is 0 Å². The molecule has 0 saturated carbocycles. The second-order valence-corrected chi connectivity index (χ2v) is 8.29. The summed E-state index contributed by atoms with van der Waals surface area (Å²) in [5, 5.41) is 1.67. The molecule has 4 aromatic rings. The summed E-state index contributed by atoms with van der Waals surface area (Å²) < 4.78 is 37.1. The van der Waals surface area contributed by atoms with Crippen LogP contribution < -0.4 is 0 Å². The molecule has 2 aromatic heterocycles. The molecule has 0 saturated heterocycles. The van der Waals surface area contributed by atoms with Gasteiger partial charge < -0.3 is 19.4 Å². The van der Waals surface area contributed by atoms with Gasteiger partial charge in [0, 0.05) is 16.3 Å². The van der Waals surface area contributed by atoms with E-state index >= 15 is 0 Å². The largest absolute Gasteiger partial charge is 0.464 e. The topological polar surface area (TPSA) is 84.2 Å². The number of aromatic amines is 2.